The molecule has 1 aliphatic rings. The molecule has 0 spiro atoms. The van der Waals surface area contributed by atoms with Crippen LogP contribution in [0, 0.1) is 0 Å². The molecule has 2 heterocycles. The molecule has 0 saturated carbocycles. The molecule has 1 unspecified atom stereocenters. The third-order valence-corrected chi connectivity index (χ3v) is 5.59. The van der Waals surface area contributed by atoms with Gasteiger partial charge in [-0.05, 0) is 48.5 Å². The van der Waals surface area contributed by atoms with Gasteiger partial charge in [-0.2, -0.15) is 0 Å². The Morgan fingerprint density at radius 1 is 1.03 bits per heavy atom. The zero-order valence-electron chi connectivity index (χ0n) is 16.9. The second kappa shape index (κ2) is 9.57. The highest BCUT2D eigenvalue weighted by Crippen LogP contribution is 2.26. The van der Waals surface area contributed by atoms with E-state index in [0.717, 1.165) is 6.42 Å². The van der Waals surface area contributed by atoms with Gasteiger partial charge in [-0.25, -0.2) is 4.90 Å². The first-order valence-electron chi connectivity index (χ1n) is 10.2. The summed E-state index contributed by atoms with van der Waals surface area (Å²) in [6.07, 6.45) is 2.44. The van der Waals surface area contributed by atoms with Crippen LogP contribution in [0.5, 0.6) is 0 Å². The molecule has 1 N–H and O–H groups in total. The van der Waals surface area contributed by atoms with Crippen molar-refractivity contribution < 1.29 is 14.0 Å². The van der Waals surface area contributed by atoms with Gasteiger partial charge in [-0.15, -0.1) is 0 Å². The Hall–Kier alpha value is -3.45. The summed E-state index contributed by atoms with van der Waals surface area (Å²) in [7, 11) is 0. The van der Waals surface area contributed by atoms with Crippen molar-refractivity contribution >= 4 is 34.8 Å². The number of para-hydroxylation sites is 1. The van der Waals surface area contributed by atoms with Crippen molar-refractivity contribution in [1.29, 1.82) is 0 Å². The molecule has 3 aromatic rings. The first-order valence-corrected chi connectivity index (χ1v) is 10.6. The van der Waals surface area contributed by atoms with Crippen molar-refractivity contribution in [3.8, 4) is 0 Å². The molecule has 1 aromatic heterocycles. The van der Waals surface area contributed by atoms with Gasteiger partial charge in [-0.1, -0.05) is 48.5 Å². The number of anilines is 1. The van der Waals surface area contributed by atoms with Gasteiger partial charge in [0.15, 0.2) is 5.11 Å². The van der Waals surface area contributed by atoms with E-state index in [0.29, 0.717) is 29.6 Å². The number of nitrogens with one attached hydrogen (secondary N) is 1. The SMILES string of the molecule is O=C1CC(N(Cc2ccco2)C(=S)NCCc2ccccc2)C(=O)N1c1ccccc1. The Bertz CT molecular complexity index is 1040. The van der Waals surface area contributed by atoms with Gasteiger partial charge in [0.1, 0.15) is 11.8 Å². The Kier molecular flexibility index (Phi) is 6.43. The molecule has 1 fully saturated rings. The third-order valence-electron chi connectivity index (χ3n) is 5.21. The average Bonchev–Trinajstić information content (AvgIpc) is 3.40. The molecule has 6 nitrogen and oxygen atoms in total. The van der Waals surface area contributed by atoms with Crippen molar-refractivity contribution in [3.63, 3.8) is 0 Å². The van der Waals surface area contributed by atoms with Crippen molar-refractivity contribution in [2.75, 3.05) is 11.4 Å². The molecular formula is C24H23N3O3S. The number of carbonyl (C=O) groups excluding carboxylic acids is 2. The van der Waals surface area contributed by atoms with Crippen LogP contribution in [0.4, 0.5) is 5.69 Å². The summed E-state index contributed by atoms with van der Waals surface area (Å²) in [4.78, 5) is 28.9. The maximum absolute atomic E-state index is 13.2. The van der Waals surface area contributed by atoms with E-state index in [1.165, 1.54) is 10.5 Å². The van der Waals surface area contributed by atoms with Crippen LogP contribution in [0.25, 0.3) is 0 Å². The molecule has 2 amide bonds. The lowest BCUT2D eigenvalue weighted by Gasteiger charge is -2.29. The summed E-state index contributed by atoms with van der Waals surface area (Å²) in [6.45, 7) is 0.922. The molecule has 0 aliphatic carbocycles. The Morgan fingerprint density at radius 3 is 2.42 bits per heavy atom. The Morgan fingerprint density at radius 2 is 1.74 bits per heavy atom. The largest absolute Gasteiger partial charge is 0.467 e. The first-order chi connectivity index (χ1) is 15.1. The fraction of sp³-hybridized carbons (Fsp3) is 0.208. The summed E-state index contributed by atoms with van der Waals surface area (Å²) >= 11 is 5.64. The van der Waals surface area contributed by atoms with Crippen LogP contribution in [0.1, 0.15) is 17.7 Å². The second-order valence-electron chi connectivity index (χ2n) is 7.30. The standard InChI is InChI=1S/C24H23N3O3S/c28-22-16-21(23(29)27(22)19-10-5-2-6-11-19)26(17-20-12-7-15-30-20)24(31)25-14-13-18-8-3-1-4-9-18/h1-12,15,21H,13-14,16-17H2,(H,25,31). The van der Waals surface area contributed by atoms with E-state index in [1.54, 1.807) is 41.5 Å². The van der Waals surface area contributed by atoms with Gasteiger partial charge in [0.2, 0.25) is 5.91 Å². The van der Waals surface area contributed by atoms with Crippen LogP contribution in [-0.4, -0.2) is 34.4 Å². The second-order valence-corrected chi connectivity index (χ2v) is 7.68. The van der Waals surface area contributed by atoms with Gasteiger partial charge in [0.05, 0.1) is 24.9 Å². The minimum atomic E-state index is -0.686. The number of hydrogen-bond donors (Lipinski definition) is 1. The van der Waals surface area contributed by atoms with Crippen molar-refractivity contribution in [2.45, 2.75) is 25.4 Å². The molecule has 7 heteroatoms. The average molecular weight is 434 g/mol. The van der Waals surface area contributed by atoms with Crippen LogP contribution < -0.4 is 10.2 Å². The minimum Gasteiger partial charge on any atom is -0.467 e. The summed E-state index contributed by atoms with van der Waals surface area (Å²) in [5.41, 5.74) is 1.76. The lowest BCUT2D eigenvalue weighted by molar-refractivity contribution is -0.122. The van der Waals surface area contributed by atoms with E-state index in [-0.39, 0.29) is 18.2 Å². The van der Waals surface area contributed by atoms with E-state index in [4.69, 9.17) is 16.6 Å². The molecule has 1 atom stereocenters. The number of furan rings is 1. The summed E-state index contributed by atoms with van der Waals surface area (Å²) in [5, 5.41) is 3.67. The third kappa shape index (κ3) is 4.83. The lowest BCUT2D eigenvalue weighted by atomic mass is 10.1. The predicted molar refractivity (Wildman–Crippen MR) is 122 cm³/mol. The molecule has 1 aliphatic heterocycles. The van der Waals surface area contributed by atoms with Gasteiger partial charge in [0.25, 0.3) is 5.91 Å². The molecule has 0 radical (unpaired) electrons. The number of carbonyl (C=O) groups is 2. The normalized spacial score (nSPS) is 15.9. The molecule has 4 rings (SSSR count). The predicted octanol–water partition coefficient (Wildman–Crippen LogP) is 3.53. The van der Waals surface area contributed by atoms with Gasteiger partial charge in [-0.3, -0.25) is 9.59 Å². The van der Waals surface area contributed by atoms with E-state index < -0.39 is 6.04 Å². The summed E-state index contributed by atoms with van der Waals surface area (Å²) in [5.74, 6) is 0.151. The molecule has 158 valence electrons. The number of rotatable bonds is 7. The highest BCUT2D eigenvalue weighted by atomic mass is 32.1. The smallest absolute Gasteiger partial charge is 0.257 e. The maximum Gasteiger partial charge on any atom is 0.257 e. The molecule has 0 bridgehead atoms. The first kappa shape index (κ1) is 20.8. The van der Waals surface area contributed by atoms with Crippen LogP contribution >= 0.6 is 12.2 Å². The number of imide groups is 1. The van der Waals surface area contributed by atoms with Crippen molar-refractivity contribution in [2.24, 2.45) is 0 Å². The highest BCUT2D eigenvalue weighted by Gasteiger charge is 2.43. The fourth-order valence-electron chi connectivity index (χ4n) is 3.66. The molecule has 2 aromatic carbocycles. The molecular weight excluding hydrogens is 410 g/mol. The monoisotopic (exact) mass is 433 g/mol. The zero-order chi connectivity index (χ0) is 21.6. The molecule has 31 heavy (non-hydrogen) atoms. The van der Waals surface area contributed by atoms with Crippen LogP contribution in [-0.2, 0) is 22.6 Å². The summed E-state index contributed by atoms with van der Waals surface area (Å²) in [6, 6.07) is 22.0. The minimum absolute atomic E-state index is 0.0644. The topological polar surface area (TPSA) is 65.8 Å². The lowest BCUT2D eigenvalue weighted by Crippen LogP contribution is -2.49. The number of amides is 2. The van der Waals surface area contributed by atoms with Crippen LogP contribution in [0.2, 0.25) is 0 Å². The van der Waals surface area contributed by atoms with E-state index in [2.05, 4.69) is 17.4 Å². The fourth-order valence-corrected chi connectivity index (χ4v) is 3.96. The Labute approximate surface area is 186 Å². The van der Waals surface area contributed by atoms with Crippen LogP contribution in [0.3, 0.4) is 0 Å². The van der Waals surface area contributed by atoms with E-state index >= 15 is 0 Å². The maximum atomic E-state index is 13.2. The number of hydrogen-bond acceptors (Lipinski definition) is 4. The van der Waals surface area contributed by atoms with Crippen molar-refractivity contribution in [1.82, 2.24) is 10.2 Å². The van der Waals surface area contributed by atoms with Gasteiger partial charge >= 0.3 is 0 Å². The number of thiocarbonyl (C=S) groups is 1. The molecule has 1 saturated heterocycles. The number of benzene rings is 2. The summed E-state index contributed by atoms with van der Waals surface area (Å²) < 4.78 is 5.48. The van der Waals surface area contributed by atoms with Gasteiger partial charge < -0.3 is 14.6 Å². The van der Waals surface area contributed by atoms with Gasteiger partial charge in [0, 0.05) is 6.54 Å². The van der Waals surface area contributed by atoms with E-state index in [1.807, 2.05) is 30.3 Å². The Balaban J connectivity index is 1.50. The van der Waals surface area contributed by atoms with E-state index in [9.17, 15) is 9.59 Å². The number of nitrogens with zero attached hydrogens (tertiary/aromatic N) is 2. The van der Waals surface area contributed by atoms with Crippen LogP contribution in [0.15, 0.2) is 83.5 Å². The highest BCUT2D eigenvalue weighted by molar-refractivity contribution is 7.80. The zero-order valence-corrected chi connectivity index (χ0v) is 17.8. The quantitative estimate of drug-likeness (QED) is 0.454. The van der Waals surface area contributed by atoms with Crippen molar-refractivity contribution in [3.05, 3.63) is 90.4 Å².